The van der Waals surface area contributed by atoms with Gasteiger partial charge in [-0.25, -0.2) is 9.59 Å². The number of nitrogens with zero attached hydrogens (tertiary/aromatic N) is 2. The van der Waals surface area contributed by atoms with Crippen LogP contribution < -0.4 is 0 Å². The van der Waals surface area contributed by atoms with Crippen LogP contribution in [0.1, 0.15) is 26.2 Å². The van der Waals surface area contributed by atoms with E-state index in [-0.39, 0.29) is 18.1 Å². The molecule has 0 bridgehead atoms. The van der Waals surface area contributed by atoms with E-state index in [0.717, 1.165) is 19.3 Å². The van der Waals surface area contributed by atoms with Crippen molar-refractivity contribution in [2.24, 2.45) is 5.41 Å². The summed E-state index contributed by atoms with van der Waals surface area (Å²) in [7, 11) is 3.45. The van der Waals surface area contributed by atoms with Crippen LogP contribution in [0.15, 0.2) is 0 Å². The molecule has 0 aromatic carbocycles. The molecule has 1 spiro atoms. The maximum atomic E-state index is 11.9. The van der Waals surface area contributed by atoms with Gasteiger partial charge in [-0.15, -0.1) is 0 Å². The van der Waals surface area contributed by atoms with Gasteiger partial charge < -0.3 is 14.4 Å². The monoisotopic (exact) mass is 256 g/mol. The van der Waals surface area contributed by atoms with E-state index in [1.54, 1.807) is 25.9 Å². The molecule has 0 radical (unpaired) electrons. The fraction of sp³-hybridized carbons (Fsp3) is 0.833. The zero-order chi connectivity index (χ0) is 13.3. The summed E-state index contributed by atoms with van der Waals surface area (Å²) in [6.07, 6.45) is 1.85. The number of carbonyl (C=O) groups excluding carboxylic acids is 2. The van der Waals surface area contributed by atoms with Crippen LogP contribution in [0.4, 0.5) is 9.59 Å². The molecule has 1 aliphatic carbocycles. The number of rotatable bonds is 2. The molecule has 0 aromatic heterocycles. The van der Waals surface area contributed by atoms with E-state index in [1.807, 2.05) is 0 Å². The molecule has 1 saturated heterocycles. The third-order valence-electron chi connectivity index (χ3n) is 3.88. The molecule has 0 N–H and O–H groups in total. The Labute approximate surface area is 107 Å². The van der Waals surface area contributed by atoms with Gasteiger partial charge in [-0.3, -0.25) is 4.90 Å². The van der Waals surface area contributed by atoms with Crippen molar-refractivity contribution in [2.45, 2.75) is 32.4 Å². The van der Waals surface area contributed by atoms with E-state index < -0.39 is 12.4 Å². The van der Waals surface area contributed by atoms with Gasteiger partial charge in [0.2, 0.25) is 0 Å². The van der Waals surface area contributed by atoms with Crippen LogP contribution in [0.25, 0.3) is 0 Å². The molecule has 1 atom stereocenters. The van der Waals surface area contributed by atoms with Gasteiger partial charge in [0.15, 0.2) is 6.23 Å². The quantitative estimate of drug-likeness (QED) is 0.705. The van der Waals surface area contributed by atoms with Crippen LogP contribution in [-0.4, -0.2) is 55.5 Å². The molecule has 2 amide bonds. The molecule has 2 aliphatic rings. The molecule has 1 aliphatic heterocycles. The van der Waals surface area contributed by atoms with Crippen LogP contribution >= 0.6 is 0 Å². The van der Waals surface area contributed by atoms with E-state index in [1.165, 1.54) is 4.90 Å². The molecule has 6 heteroatoms. The third kappa shape index (κ3) is 2.00. The van der Waals surface area contributed by atoms with Gasteiger partial charge in [-0.1, -0.05) is 6.42 Å². The fourth-order valence-corrected chi connectivity index (χ4v) is 2.88. The number of urea groups is 1. The summed E-state index contributed by atoms with van der Waals surface area (Å²) in [6, 6.07) is -0.123. The Morgan fingerprint density at radius 1 is 1.44 bits per heavy atom. The lowest BCUT2D eigenvalue weighted by Crippen LogP contribution is -2.65. The maximum absolute atomic E-state index is 11.9. The minimum Gasteiger partial charge on any atom is -0.435 e. The molecule has 2 rings (SSSR count). The van der Waals surface area contributed by atoms with Crippen molar-refractivity contribution in [3.05, 3.63) is 0 Å². The minimum atomic E-state index is -0.696. The van der Waals surface area contributed by atoms with Crippen molar-refractivity contribution in [2.75, 3.05) is 27.2 Å². The second-order valence-corrected chi connectivity index (χ2v) is 5.12. The smallest absolute Gasteiger partial charge is 0.435 e. The van der Waals surface area contributed by atoms with Gasteiger partial charge in [-0.2, -0.15) is 0 Å². The Kier molecular flexibility index (Phi) is 3.36. The number of carbonyl (C=O) groups is 2. The van der Waals surface area contributed by atoms with Gasteiger partial charge in [0.25, 0.3) is 0 Å². The van der Waals surface area contributed by atoms with E-state index >= 15 is 0 Å². The van der Waals surface area contributed by atoms with Crippen molar-refractivity contribution in [1.82, 2.24) is 9.80 Å². The molecule has 1 unspecified atom stereocenters. The highest BCUT2D eigenvalue weighted by molar-refractivity contribution is 5.75. The Hall–Kier alpha value is -1.46. The molecule has 6 nitrogen and oxygen atoms in total. The molecule has 102 valence electrons. The number of hydrogen-bond acceptors (Lipinski definition) is 4. The van der Waals surface area contributed by atoms with Gasteiger partial charge in [0.1, 0.15) is 0 Å². The predicted molar refractivity (Wildman–Crippen MR) is 64.0 cm³/mol. The maximum Gasteiger partial charge on any atom is 0.510 e. The lowest BCUT2D eigenvalue weighted by atomic mass is 9.66. The summed E-state index contributed by atoms with van der Waals surface area (Å²) in [5.74, 6) is 0. The van der Waals surface area contributed by atoms with Crippen LogP contribution in [0.3, 0.4) is 0 Å². The summed E-state index contributed by atoms with van der Waals surface area (Å²) < 4.78 is 10.1. The second-order valence-electron chi connectivity index (χ2n) is 5.12. The zero-order valence-electron chi connectivity index (χ0n) is 11.1. The van der Waals surface area contributed by atoms with E-state index in [0.29, 0.717) is 6.54 Å². The van der Waals surface area contributed by atoms with Crippen LogP contribution in [0.5, 0.6) is 0 Å². The van der Waals surface area contributed by atoms with Crippen LogP contribution in [0, 0.1) is 5.41 Å². The lowest BCUT2D eigenvalue weighted by molar-refractivity contribution is -0.149. The predicted octanol–water partition coefficient (Wildman–Crippen LogP) is 1.65. The summed E-state index contributed by atoms with van der Waals surface area (Å²) in [5.41, 5.74) is -0.121. The lowest BCUT2D eigenvalue weighted by Gasteiger charge is -2.54. The SMILES string of the molecule is CCOC(=O)OC1N(C)C(=O)N(C)CC12CCC2. The summed E-state index contributed by atoms with van der Waals surface area (Å²) in [6.45, 7) is 2.64. The van der Waals surface area contributed by atoms with Crippen molar-refractivity contribution in [3.8, 4) is 0 Å². The second kappa shape index (κ2) is 4.66. The van der Waals surface area contributed by atoms with Crippen molar-refractivity contribution >= 4 is 12.2 Å². The average molecular weight is 256 g/mol. The molecule has 18 heavy (non-hydrogen) atoms. The van der Waals surface area contributed by atoms with Gasteiger partial charge in [0, 0.05) is 26.1 Å². The van der Waals surface area contributed by atoms with Crippen molar-refractivity contribution < 1.29 is 19.1 Å². The molecular weight excluding hydrogens is 236 g/mol. The van der Waals surface area contributed by atoms with Crippen LogP contribution in [0.2, 0.25) is 0 Å². The Bertz CT molecular complexity index is 354. The Morgan fingerprint density at radius 2 is 2.11 bits per heavy atom. The highest BCUT2D eigenvalue weighted by Gasteiger charge is 2.54. The first-order valence-corrected chi connectivity index (χ1v) is 6.31. The average Bonchev–Trinajstić information content (AvgIpc) is 2.28. The van der Waals surface area contributed by atoms with Gasteiger partial charge >= 0.3 is 12.2 Å². The third-order valence-corrected chi connectivity index (χ3v) is 3.88. The topological polar surface area (TPSA) is 59.1 Å². The highest BCUT2D eigenvalue weighted by atomic mass is 16.7. The van der Waals surface area contributed by atoms with Gasteiger partial charge in [0.05, 0.1) is 6.61 Å². The molecule has 0 aromatic rings. The minimum absolute atomic E-state index is 0.121. The Balaban J connectivity index is 2.13. The first kappa shape index (κ1) is 13.0. The molecule has 2 fully saturated rings. The molecular formula is C12H20N2O4. The highest BCUT2D eigenvalue weighted by Crippen LogP contribution is 2.48. The van der Waals surface area contributed by atoms with Crippen LogP contribution in [-0.2, 0) is 9.47 Å². The standard InChI is InChI=1S/C12H20N2O4/c1-4-17-11(16)18-9-12(6-5-7-12)8-13(2)10(15)14(9)3/h9H,4-8H2,1-3H3. The van der Waals surface area contributed by atoms with Crippen molar-refractivity contribution in [1.29, 1.82) is 0 Å². The zero-order valence-corrected chi connectivity index (χ0v) is 11.1. The largest absolute Gasteiger partial charge is 0.510 e. The normalized spacial score (nSPS) is 25.9. The Morgan fingerprint density at radius 3 is 2.61 bits per heavy atom. The molecule has 1 saturated carbocycles. The fourth-order valence-electron chi connectivity index (χ4n) is 2.88. The van der Waals surface area contributed by atoms with E-state index in [9.17, 15) is 9.59 Å². The van der Waals surface area contributed by atoms with Crippen molar-refractivity contribution in [3.63, 3.8) is 0 Å². The summed E-state index contributed by atoms with van der Waals surface area (Å²) in [4.78, 5) is 26.6. The molecule has 1 heterocycles. The summed E-state index contributed by atoms with van der Waals surface area (Å²) in [5, 5.41) is 0. The number of ether oxygens (including phenoxy) is 2. The van der Waals surface area contributed by atoms with E-state index in [4.69, 9.17) is 9.47 Å². The number of amides is 2. The number of hydrogen-bond donors (Lipinski definition) is 0. The van der Waals surface area contributed by atoms with Gasteiger partial charge in [-0.05, 0) is 19.8 Å². The first-order valence-electron chi connectivity index (χ1n) is 6.31. The van der Waals surface area contributed by atoms with E-state index in [2.05, 4.69) is 0 Å². The first-order chi connectivity index (χ1) is 8.50. The summed E-state index contributed by atoms with van der Waals surface area (Å²) >= 11 is 0.